The lowest BCUT2D eigenvalue weighted by atomic mass is 10.1. The number of ketones is 1. The van der Waals surface area contributed by atoms with Crippen molar-refractivity contribution in [3.05, 3.63) is 46.9 Å². The van der Waals surface area contributed by atoms with Crippen molar-refractivity contribution in [2.24, 2.45) is 0 Å². The maximum absolute atomic E-state index is 11.8. The molecule has 1 aliphatic rings. The van der Waals surface area contributed by atoms with Gasteiger partial charge in [-0.25, -0.2) is 0 Å². The summed E-state index contributed by atoms with van der Waals surface area (Å²) in [5.41, 5.74) is 0.795. The van der Waals surface area contributed by atoms with E-state index in [-0.39, 0.29) is 5.78 Å². The summed E-state index contributed by atoms with van der Waals surface area (Å²) in [4.78, 5) is 12.7. The van der Waals surface area contributed by atoms with Crippen molar-refractivity contribution in [1.82, 2.24) is 0 Å². The summed E-state index contributed by atoms with van der Waals surface area (Å²) in [6.07, 6.45) is 3.05. The van der Waals surface area contributed by atoms with Crippen LogP contribution in [0.3, 0.4) is 0 Å². The van der Waals surface area contributed by atoms with E-state index in [1.54, 1.807) is 11.8 Å². The molecule has 2 heteroatoms. The van der Waals surface area contributed by atoms with Crippen LogP contribution in [0.2, 0.25) is 0 Å². The van der Waals surface area contributed by atoms with E-state index in [2.05, 4.69) is 0 Å². The van der Waals surface area contributed by atoms with Gasteiger partial charge in [-0.1, -0.05) is 36.4 Å². The molecule has 0 amide bonds. The molecule has 0 aromatic heterocycles. The molecule has 0 unspecified atom stereocenters. The van der Waals surface area contributed by atoms with Crippen LogP contribution in [0.1, 0.15) is 16.8 Å². The topological polar surface area (TPSA) is 17.1 Å². The highest BCUT2D eigenvalue weighted by molar-refractivity contribution is 8.04. The van der Waals surface area contributed by atoms with Gasteiger partial charge in [-0.05, 0) is 6.42 Å². The molecule has 13 heavy (non-hydrogen) atoms. The average molecular weight is 190 g/mol. The lowest BCUT2D eigenvalue weighted by Crippen LogP contribution is -1.98. The minimum absolute atomic E-state index is 0.170. The molecule has 2 rings (SSSR count). The second-order valence-electron chi connectivity index (χ2n) is 2.90. The number of carbonyl (C=O) groups excluding carboxylic acids is 1. The van der Waals surface area contributed by atoms with Gasteiger partial charge in [-0.15, -0.1) is 11.8 Å². The normalized spacial score (nSPS) is 15.5. The van der Waals surface area contributed by atoms with Gasteiger partial charge in [0.1, 0.15) is 0 Å². The fraction of sp³-hybridized carbons (Fsp3) is 0.182. The Balaban J connectivity index is 2.23. The van der Waals surface area contributed by atoms with Crippen LogP contribution in [0, 0.1) is 0 Å². The summed E-state index contributed by atoms with van der Waals surface area (Å²) in [6, 6.07) is 9.44. The molecule has 0 saturated heterocycles. The Morgan fingerprint density at radius 1 is 1.23 bits per heavy atom. The van der Waals surface area contributed by atoms with Crippen molar-refractivity contribution >= 4 is 17.5 Å². The van der Waals surface area contributed by atoms with E-state index in [0.29, 0.717) is 0 Å². The minimum atomic E-state index is 0.170. The van der Waals surface area contributed by atoms with E-state index in [9.17, 15) is 4.79 Å². The third-order valence-corrected chi connectivity index (χ3v) is 3.07. The van der Waals surface area contributed by atoms with Gasteiger partial charge in [0.15, 0.2) is 5.78 Å². The summed E-state index contributed by atoms with van der Waals surface area (Å²) >= 11 is 1.66. The number of hydrogen-bond donors (Lipinski definition) is 0. The largest absolute Gasteiger partial charge is 0.288 e. The first-order valence-electron chi connectivity index (χ1n) is 4.30. The van der Waals surface area contributed by atoms with Gasteiger partial charge in [-0.2, -0.15) is 0 Å². The Morgan fingerprint density at radius 2 is 2.00 bits per heavy atom. The average Bonchev–Trinajstić information content (AvgIpc) is 2.71. The first kappa shape index (κ1) is 8.57. The highest BCUT2D eigenvalue weighted by Gasteiger charge is 2.15. The van der Waals surface area contributed by atoms with E-state index >= 15 is 0 Å². The van der Waals surface area contributed by atoms with Crippen molar-refractivity contribution in [3.8, 4) is 0 Å². The van der Waals surface area contributed by atoms with Crippen LogP contribution >= 0.6 is 11.8 Å². The highest BCUT2D eigenvalue weighted by atomic mass is 32.2. The van der Waals surface area contributed by atoms with Crippen molar-refractivity contribution in [3.63, 3.8) is 0 Å². The van der Waals surface area contributed by atoms with Crippen LogP contribution in [-0.4, -0.2) is 11.5 Å². The maximum atomic E-state index is 11.8. The quantitative estimate of drug-likeness (QED) is 0.667. The molecule has 0 aliphatic carbocycles. The molecule has 1 aromatic carbocycles. The molecule has 1 aliphatic heterocycles. The molecule has 1 heterocycles. The number of hydrogen-bond acceptors (Lipinski definition) is 2. The van der Waals surface area contributed by atoms with Crippen LogP contribution in [0.15, 0.2) is 41.3 Å². The molecule has 1 nitrogen and oxygen atoms in total. The van der Waals surface area contributed by atoms with E-state index < -0.39 is 0 Å². The molecule has 0 radical (unpaired) electrons. The predicted octanol–water partition coefficient (Wildman–Crippen LogP) is 2.89. The maximum Gasteiger partial charge on any atom is 0.199 e. The third kappa shape index (κ3) is 1.83. The molecule has 0 spiro atoms. The molecule has 0 N–H and O–H groups in total. The molecular weight excluding hydrogens is 180 g/mol. The Hall–Kier alpha value is -1.02. The lowest BCUT2D eigenvalue weighted by Gasteiger charge is -1.99. The van der Waals surface area contributed by atoms with Gasteiger partial charge in [0.2, 0.25) is 0 Å². The summed E-state index contributed by atoms with van der Waals surface area (Å²) < 4.78 is 0. The summed E-state index contributed by atoms with van der Waals surface area (Å²) in [5, 5.41) is 0. The van der Waals surface area contributed by atoms with E-state index in [1.807, 2.05) is 36.4 Å². The molecule has 1 aromatic rings. The first-order valence-corrected chi connectivity index (χ1v) is 5.29. The van der Waals surface area contributed by atoms with E-state index in [0.717, 1.165) is 22.6 Å². The number of benzene rings is 1. The minimum Gasteiger partial charge on any atom is -0.288 e. The van der Waals surface area contributed by atoms with Gasteiger partial charge in [0.25, 0.3) is 0 Å². The van der Waals surface area contributed by atoms with Crippen molar-refractivity contribution in [2.75, 3.05) is 5.75 Å². The monoisotopic (exact) mass is 190 g/mol. The second kappa shape index (κ2) is 3.79. The van der Waals surface area contributed by atoms with Gasteiger partial charge in [0.05, 0.1) is 4.91 Å². The zero-order chi connectivity index (χ0) is 9.10. The van der Waals surface area contributed by atoms with E-state index in [1.165, 1.54) is 0 Å². The van der Waals surface area contributed by atoms with Crippen molar-refractivity contribution in [1.29, 1.82) is 0 Å². The molecule has 0 saturated carbocycles. The standard InChI is InChI=1S/C11H10OS/c12-11(10-7-4-8-13-10)9-5-2-1-3-6-9/h1-3,5-7H,4,8H2. The Labute approximate surface area is 81.8 Å². The summed E-state index contributed by atoms with van der Waals surface area (Å²) in [6.45, 7) is 0. The molecule has 66 valence electrons. The Bertz CT molecular complexity index is 340. The number of carbonyl (C=O) groups is 1. The number of rotatable bonds is 2. The molecule has 0 atom stereocenters. The van der Waals surface area contributed by atoms with Crippen molar-refractivity contribution in [2.45, 2.75) is 6.42 Å². The number of allylic oxidation sites excluding steroid dienone is 2. The SMILES string of the molecule is O=C(C1=CCCS1)c1ccccc1. The first-order chi connectivity index (χ1) is 6.38. The highest BCUT2D eigenvalue weighted by Crippen LogP contribution is 2.27. The third-order valence-electron chi connectivity index (χ3n) is 1.96. The summed E-state index contributed by atoms with van der Waals surface area (Å²) in [7, 11) is 0. The van der Waals surface area contributed by atoms with Gasteiger partial charge < -0.3 is 0 Å². The van der Waals surface area contributed by atoms with Crippen LogP contribution in [0.5, 0.6) is 0 Å². The molecular formula is C11H10OS. The smallest absolute Gasteiger partial charge is 0.199 e. The second-order valence-corrected chi connectivity index (χ2v) is 4.04. The van der Waals surface area contributed by atoms with Crippen molar-refractivity contribution < 1.29 is 4.79 Å². The zero-order valence-corrected chi connectivity index (χ0v) is 8.01. The zero-order valence-electron chi connectivity index (χ0n) is 7.19. The van der Waals surface area contributed by atoms with Gasteiger partial charge in [0, 0.05) is 11.3 Å². The molecule has 0 fully saturated rings. The van der Waals surface area contributed by atoms with Gasteiger partial charge >= 0.3 is 0 Å². The van der Waals surface area contributed by atoms with E-state index in [4.69, 9.17) is 0 Å². The van der Waals surface area contributed by atoms with Gasteiger partial charge in [-0.3, -0.25) is 4.79 Å². The lowest BCUT2D eigenvalue weighted by molar-refractivity contribution is 0.104. The number of Topliss-reactive ketones (excluding diaryl/α,β-unsaturated/α-hetero) is 1. The summed E-state index contributed by atoms with van der Waals surface area (Å²) in [5.74, 6) is 1.22. The fourth-order valence-corrected chi connectivity index (χ4v) is 2.25. The molecule has 0 bridgehead atoms. The Morgan fingerprint density at radius 3 is 2.62 bits per heavy atom. The Kier molecular flexibility index (Phi) is 2.50. The van der Waals surface area contributed by atoms with Crippen LogP contribution in [0.4, 0.5) is 0 Å². The van der Waals surface area contributed by atoms with Crippen LogP contribution < -0.4 is 0 Å². The van der Waals surface area contributed by atoms with Crippen LogP contribution in [-0.2, 0) is 0 Å². The predicted molar refractivity (Wildman–Crippen MR) is 55.9 cm³/mol. The van der Waals surface area contributed by atoms with Crippen LogP contribution in [0.25, 0.3) is 0 Å². The fourth-order valence-electron chi connectivity index (χ4n) is 1.31. The number of thioether (sulfide) groups is 1.